The van der Waals surface area contributed by atoms with Gasteiger partial charge in [0, 0.05) is 32.7 Å². The van der Waals surface area contributed by atoms with Crippen LogP contribution in [-0.2, 0) is 28.7 Å². The molecule has 10 nitrogen and oxygen atoms in total. The molecular weight excluding hydrogens is 598 g/mol. The number of carbonyl (C=O) groups excluding carboxylic acids is 4. The fourth-order valence-electron chi connectivity index (χ4n) is 7.50. The van der Waals surface area contributed by atoms with E-state index in [4.69, 9.17) is 9.47 Å². The summed E-state index contributed by atoms with van der Waals surface area (Å²) < 4.78 is 12.8. The van der Waals surface area contributed by atoms with Crippen molar-refractivity contribution in [1.29, 1.82) is 0 Å². The van der Waals surface area contributed by atoms with Crippen LogP contribution in [0.25, 0.3) is 0 Å². The molecule has 0 saturated carbocycles. The maximum absolute atomic E-state index is 14.4. The molecule has 1 aromatic rings. The molecule has 3 saturated heterocycles. The second-order valence-electron chi connectivity index (χ2n) is 13.0. The van der Waals surface area contributed by atoms with Crippen LogP contribution in [0.5, 0.6) is 0 Å². The third kappa shape index (κ3) is 8.33. The number of esters is 1. The van der Waals surface area contributed by atoms with Crippen molar-refractivity contribution in [2.45, 2.75) is 101 Å². The number of ether oxygens (including phenoxy) is 2. The summed E-state index contributed by atoms with van der Waals surface area (Å²) in [5.74, 6) is -2.82. The monoisotopic (exact) mass is 651 g/mol. The number of nitrogens with one attached hydrogen (secondary N) is 1. The zero-order chi connectivity index (χ0) is 33.8. The molecule has 1 spiro atoms. The maximum atomic E-state index is 14.4. The van der Waals surface area contributed by atoms with Crippen molar-refractivity contribution in [3.8, 4) is 0 Å². The highest BCUT2D eigenvalue weighted by molar-refractivity contribution is 5.98. The van der Waals surface area contributed by atoms with Crippen molar-refractivity contribution >= 4 is 23.7 Å². The van der Waals surface area contributed by atoms with Crippen LogP contribution in [0.3, 0.4) is 0 Å². The number of aliphatic hydroxyl groups is 1. The van der Waals surface area contributed by atoms with Gasteiger partial charge in [0.25, 0.3) is 0 Å². The van der Waals surface area contributed by atoms with Gasteiger partial charge in [0.15, 0.2) is 0 Å². The predicted molar refractivity (Wildman–Crippen MR) is 179 cm³/mol. The van der Waals surface area contributed by atoms with Crippen LogP contribution in [0.15, 0.2) is 55.6 Å². The van der Waals surface area contributed by atoms with Crippen molar-refractivity contribution in [2.75, 3.05) is 32.8 Å². The second kappa shape index (κ2) is 17.6. The molecule has 3 aliphatic rings. The largest absolute Gasteiger partial charge is 0.455 e. The number of unbranched alkanes of at least 4 members (excludes halogenated alkanes) is 5. The Morgan fingerprint density at radius 1 is 1.13 bits per heavy atom. The van der Waals surface area contributed by atoms with Crippen LogP contribution in [-0.4, -0.2) is 89.1 Å². The van der Waals surface area contributed by atoms with E-state index in [9.17, 15) is 24.3 Å². The fraction of sp³-hybridized carbons (Fsp3) is 0.622. The van der Waals surface area contributed by atoms with Crippen LogP contribution in [0.1, 0.15) is 89.2 Å². The summed E-state index contributed by atoms with van der Waals surface area (Å²) in [5, 5.41) is 12.1. The van der Waals surface area contributed by atoms with E-state index in [1.807, 2.05) is 30.3 Å². The number of rotatable bonds is 21. The molecular formula is C37H53N3O7. The maximum Gasteiger partial charge on any atom is 0.313 e. The molecule has 0 aromatic heterocycles. The number of amides is 3. The SMILES string of the molecule is C=CCCC(=O)NC[C@@H](OC(=O)[C@@H]1[C@@H]2CC[C@]3(O2)[C@H](C(=O)N(CC=C)CCCCC)N(CCCCCCO)C(=O)[C@@H]13)c1ccccc1. The van der Waals surface area contributed by atoms with Crippen LogP contribution >= 0.6 is 0 Å². The van der Waals surface area contributed by atoms with E-state index < -0.39 is 41.7 Å². The standard InChI is InChI=1S/C37H53N3O7/c1-4-7-14-23-39(22-6-3)35(44)33-37-21-20-28(47-37)31(32(37)34(43)40(33)24-15-9-10-16-25-41)36(45)46-29(27-17-12-11-13-18-27)26-38-30(42)19-8-5-2/h5-6,11-13,17-18,28-29,31-33,41H,2-4,7-10,14-16,19-26H2,1H3,(H,38,42)/t28-,29+,31+,32+,33-,37+/m0/s1. The first kappa shape index (κ1) is 36.3. The molecule has 10 heteroatoms. The molecule has 6 atom stereocenters. The lowest BCUT2D eigenvalue weighted by molar-refractivity contribution is -0.160. The Kier molecular flexibility index (Phi) is 13.6. The number of carbonyl (C=O) groups is 4. The third-order valence-corrected chi connectivity index (χ3v) is 9.80. The summed E-state index contributed by atoms with van der Waals surface area (Å²) >= 11 is 0. The van der Waals surface area contributed by atoms with E-state index >= 15 is 0 Å². The molecule has 2 bridgehead atoms. The predicted octanol–water partition coefficient (Wildman–Crippen LogP) is 4.49. The van der Waals surface area contributed by atoms with Gasteiger partial charge < -0.3 is 29.7 Å². The topological polar surface area (TPSA) is 125 Å². The average Bonchev–Trinajstić information content (AvgIpc) is 3.72. The van der Waals surface area contributed by atoms with Gasteiger partial charge in [0.1, 0.15) is 17.7 Å². The Bertz CT molecular complexity index is 1240. The first-order valence-corrected chi connectivity index (χ1v) is 17.4. The number of allylic oxidation sites excluding steroid dienone is 1. The van der Waals surface area contributed by atoms with Crippen molar-refractivity contribution in [1.82, 2.24) is 15.1 Å². The normalized spacial score (nSPS) is 24.9. The van der Waals surface area contributed by atoms with Gasteiger partial charge in [-0.1, -0.05) is 75.1 Å². The van der Waals surface area contributed by atoms with Crippen LogP contribution in [0.4, 0.5) is 0 Å². The van der Waals surface area contributed by atoms with Gasteiger partial charge in [-0.15, -0.1) is 13.2 Å². The molecule has 3 heterocycles. The molecule has 258 valence electrons. The van der Waals surface area contributed by atoms with Crippen molar-refractivity contribution in [3.63, 3.8) is 0 Å². The number of hydrogen-bond acceptors (Lipinski definition) is 7. The van der Waals surface area contributed by atoms with E-state index in [0.717, 1.165) is 37.7 Å². The summed E-state index contributed by atoms with van der Waals surface area (Å²) in [6.07, 6.45) is 9.79. The molecule has 4 rings (SSSR count). The van der Waals surface area contributed by atoms with Gasteiger partial charge in [-0.2, -0.15) is 0 Å². The van der Waals surface area contributed by atoms with Gasteiger partial charge in [-0.05, 0) is 44.1 Å². The van der Waals surface area contributed by atoms with E-state index in [2.05, 4.69) is 25.4 Å². The smallest absolute Gasteiger partial charge is 0.313 e. The number of nitrogens with zero attached hydrogens (tertiary/aromatic N) is 2. The first-order chi connectivity index (χ1) is 22.8. The summed E-state index contributed by atoms with van der Waals surface area (Å²) in [7, 11) is 0. The molecule has 2 N–H and O–H groups in total. The van der Waals surface area contributed by atoms with E-state index in [0.29, 0.717) is 51.7 Å². The van der Waals surface area contributed by atoms with Gasteiger partial charge in [-0.25, -0.2) is 0 Å². The van der Waals surface area contributed by atoms with Gasteiger partial charge in [0.05, 0.1) is 24.5 Å². The minimum absolute atomic E-state index is 0.0864. The van der Waals surface area contributed by atoms with Crippen molar-refractivity contribution < 1.29 is 33.8 Å². The molecule has 3 amide bonds. The number of fused-ring (bicyclic) bond motifs is 1. The molecule has 0 radical (unpaired) electrons. The molecule has 3 fully saturated rings. The molecule has 0 aliphatic carbocycles. The van der Waals surface area contributed by atoms with E-state index in [-0.39, 0.29) is 37.3 Å². The third-order valence-electron chi connectivity index (χ3n) is 9.80. The second-order valence-corrected chi connectivity index (χ2v) is 13.0. The molecule has 3 aliphatic heterocycles. The summed E-state index contributed by atoms with van der Waals surface area (Å²) in [6.45, 7) is 11.1. The minimum atomic E-state index is -1.11. The highest BCUT2D eigenvalue weighted by atomic mass is 16.6. The zero-order valence-electron chi connectivity index (χ0n) is 27.9. The first-order valence-electron chi connectivity index (χ1n) is 17.4. The molecule has 1 aromatic carbocycles. The Hall–Kier alpha value is -3.50. The minimum Gasteiger partial charge on any atom is -0.455 e. The van der Waals surface area contributed by atoms with Crippen molar-refractivity contribution in [2.24, 2.45) is 11.8 Å². The van der Waals surface area contributed by atoms with E-state index in [1.54, 1.807) is 22.0 Å². The lowest BCUT2D eigenvalue weighted by Gasteiger charge is -2.37. The lowest BCUT2D eigenvalue weighted by Crippen LogP contribution is -2.56. The number of hydrogen-bond donors (Lipinski definition) is 2. The number of aliphatic hydroxyl groups excluding tert-OH is 1. The van der Waals surface area contributed by atoms with Gasteiger partial charge in [-0.3, -0.25) is 19.2 Å². The Morgan fingerprint density at radius 2 is 1.89 bits per heavy atom. The number of likely N-dealkylation sites (tertiary alicyclic amines) is 1. The van der Waals surface area contributed by atoms with Gasteiger partial charge >= 0.3 is 5.97 Å². The lowest BCUT2D eigenvalue weighted by atomic mass is 9.70. The summed E-state index contributed by atoms with van der Waals surface area (Å²) in [5.41, 5.74) is -0.384. The van der Waals surface area contributed by atoms with Crippen molar-refractivity contribution in [3.05, 3.63) is 61.2 Å². The van der Waals surface area contributed by atoms with E-state index in [1.165, 1.54) is 0 Å². The number of benzene rings is 1. The Morgan fingerprint density at radius 3 is 2.60 bits per heavy atom. The highest BCUT2D eigenvalue weighted by Gasteiger charge is 2.75. The quantitative estimate of drug-likeness (QED) is 0.114. The Labute approximate surface area is 279 Å². The summed E-state index contributed by atoms with van der Waals surface area (Å²) in [4.78, 5) is 58.8. The summed E-state index contributed by atoms with van der Waals surface area (Å²) in [6, 6.07) is 8.40. The molecule has 0 unspecified atom stereocenters. The zero-order valence-corrected chi connectivity index (χ0v) is 27.9. The van der Waals surface area contributed by atoms with Gasteiger partial charge in [0.2, 0.25) is 17.7 Å². The highest BCUT2D eigenvalue weighted by Crippen LogP contribution is 2.59. The van der Waals surface area contributed by atoms with Crippen LogP contribution in [0.2, 0.25) is 0 Å². The van der Waals surface area contributed by atoms with Crippen LogP contribution in [0, 0.1) is 11.8 Å². The Balaban J connectivity index is 1.60. The fourth-order valence-corrected chi connectivity index (χ4v) is 7.50. The van der Waals surface area contributed by atoms with Crippen LogP contribution < -0.4 is 5.32 Å². The average molecular weight is 652 g/mol. The molecule has 47 heavy (non-hydrogen) atoms.